The predicted octanol–water partition coefficient (Wildman–Crippen LogP) is 1.42. The summed E-state index contributed by atoms with van der Waals surface area (Å²) in [6.07, 6.45) is -4.24. The third kappa shape index (κ3) is 3.73. The van der Waals surface area contributed by atoms with Crippen molar-refractivity contribution in [2.75, 3.05) is 19.8 Å². The normalized spacial score (nSPS) is 19.0. The van der Waals surface area contributed by atoms with E-state index in [1.165, 1.54) is 4.90 Å². The highest BCUT2D eigenvalue weighted by Gasteiger charge is 2.33. The number of aliphatic carboxylic acids is 1. The number of hydrogen-bond donors (Lipinski definition) is 1. The van der Waals surface area contributed by atoms with E-state index in [4.69, 9.17) is 9.84 Å². The summed E-state index contributed by atoms with van der Waals surface area (Å²) in [6.45, 7) is 0.473. The van der Waals surface area contributed by atoms with E-state index < -0.39 is 29.7 Å². The topological polar surface area (TPSA) is 79.7 Å². The highest BCUT2D eigenvalue weighted by Crippen LogP contribution is 2.28. The van der Waals surface area contributed by atoms with Crippen LogP contribution in [0.1, 0.15) is 22.5 Å². The Morgan fingerprint density at radius 2 is 2.14 bits per heavy atom. The summed E-state index contributed by atoms with van der Waals surface area (Å²) in [5.74, 6) is -1.70. The van der Waals surface area contributed by atoms with E-state index in [0.717, 1.165) is 12.1 Å². The zero-order chi connectivity index (χ0) is 16.3. The Morgan fingerprint density at radius 3 is 2.68 bits per heavy atom. The third-order valence-electron chi connectivity index (χ3n) is 3.21. The van der Waals surface area contributed by atoms with Crippen molar-refractivity contribution < 1.29 is 32.6 Å². The van der Waals surface area contributed by atoms with Gasteiger partial charge in [-0.1, -0.05) is 0 Å². The maximum absolute atomic E-state index is 12.5. The van der Waals surface area contributed by atoms with Crippen LogP contribution >= 0.6 is 0 Å². The molecule has 1 aliphatic heterocycles. The first-order chi connectivity index (χ1) is 10.3. The van der Waals surface area contributed by atoms with Gasteiger partial charge in [-0.2, -0.15) is 13.2 Å². The molecule has 0 saturated carbocycles. The summed E-state index contributed by atoms with van der Waals surface area (Å²) in [5, 5.41) is 8.83. The Morgan fingerprint density at radius 1 is 1.41 bits per heavy atom. The molecule has 1 atom stereocenters. The van der Waals surface area contributed by atoms with Crippen molar-refractivity contribution in [3.05, 3.63) is 29.6 Å². The monoisotopic (exact) mass is 318 g/mol. The van der Waals surface area contributed by atoms with Gasteiger partial charge >= 0.3 is 12.1 Å². The molecule has 22 heavy (non-hydrogen) atoms. The van der Waals surface area contributed by atoms with Crippen molar-refractivity contribution in [1.29, 1.82) is 0 Å². The second-order valence-electron chi connectivity index (χ2n) is 4.76. The zero-order valence-corrected chi connectivity index (χ0v) is 11.3. The maximum atomic E-state index is 12.5. The van der Waals surface area contributed by atoms with Gasteiger partial charge in [-0.3, -0.25) is 14.6 Å². The number of carboxylic acids is 1. The highest BCUT2D eigenvalue weighted by molar-refractivity contribution is 5.92. The molecule has 1 aliphatic rings. The molecule has 9 heteroatoms. The highest BCUT2D eigenvalue weighted by atomic mass is 19.4. The first kappa shape index (κ1) is 16.2. The molecule has 1 unspecified atom stereocenters. The number of morpholine rings is 1. The van der Waals surface area contributed by atoms with Crippen LogP contribution in [-0.2, 0) is 15.7 Å². The van der Waals surface area contributed by atoms with Crippen LogP contribution in [0, 0.1) is 0 Å². The molecule has 1 amide bonds. The smallest absolute Gasteiger partial charge is 0.417 e. The van der Waals surface area contributed by atoms with Gasteiger partial charge in [-0.05, 0) is 12.1 Å². The van der Waals surface area contributed by atoms with Crippen LogP contribution in [0.3, 0.4) is 0 Å². The maximum Gasteiger partial charge on any atom is 0.417 e. The SMILES string of the molecule is O=C(O)CC1COCCN1C(=O)c1ccc(C(F)(F)F)cn1. The van der Waals surface area contributed by atoms with Crippen LogP contribution in [0.25, 0.3) is 0 Å². The average molecular weight is 318 g/mol. The minimum Gasteiger partial charge on any atom is -0.481 e. The lowest BCUT2D eigenvalue weighted by molar-refractivity contribution is -0.140. The van der Waals surface area contributed by atoms with Crippen molar-refractivity contribution >= 4 is 11.9 Å². The van der Waals surface area contributed by atoms with Crippen LogP contribution in [-0.4, -0.2) is 52.7 Å². The number of alkyl halides is 3. The van der Waals surface area contributed by atoms with E-state index in [1.807, 2.05) is 0 Å². The molecule has 1 fully saturated rings. The van der Waals surface area contributed by atoms with Gasteiger partial charge in [-0.15, -0.1) is 0 Å². The lowest BCUT2D eigenvalue weighted by Gasteiger charge is -2.34. The lowest BCUT2D eigenvalue weighted by atomic mass is 10.1. The Hall–Kier alpha value is -2.16. The van der Waals surface area contributed by atoms with Crippen LogP contribution in [0.15, 0.2) is 18.3 Å². The van der Waals surface area contributed by atoms with Crippen molar-refractivity contribution in [2.45, 2.75) is 18.6 Å². The summed E-state index contributed by atoms with van der Waals surface area (Å²) in [6, 6.07) is 1.09. The summed E-state index contributed by atoms with van der Waals surface area (Å²) < 4.78 is 42.5. The Balaban J connectivity index is 2.16. The van der Waals surface area contributed by atoms with E-state index in [-0.39, 0.29) is 31.9 Å². The largest absolute Gasteiger partial charge is 0.481 e. The van der Waals surface area contributed by atoms with Crippen LogP contribution in [0.2, 0.25) is 0 Å². The number of amides is 1. The van der Waals surface area contributed by atoms with E-state index in [9.17, 15) is 22.8 Å². The van der Waals surface area contributed by atoms with Crippen molar-refractivity contribution in [2.24, 2.45) is 0 Å². The van der Waals surface area contributed by atoms with E-state index >= 15 is 0 Å². The number of halogens is 3. The van der Waals surface area contributed by atoms with Gasteiger partial charge in [0.1, 0.15) is 5.69 Å². The number of hydrogen-bond acceptors (Lipinski definition) is 4. The number of ether oxygens (including phenoxy) is 1. The van der Waals surface area contributed by atoms with E-state index in [0.29, 0.717) is 6.20 Å². The van der Waals surface area contributed by atoms with Crippen LogP contribution in [0.5, 0.6) is 0 Å². The molecule has 2 rings (SSSR count). The fourth-order valence-electron chi connectivity index (χ4n) is 2.13. The Kier molecular flexibility index (Phi) is 4.65. The molecule has 0 bridgehead atoms. The van der Waals surface area contributed by atoms with Gasteiger partial charge in [-0.25, -0.2) is 0 Å². The summed E-state index contributed by atoms with van der Waals surface area (Å²) in [4.78, 5) is 27.9. The molecule has 1 aromatic rings. The van der Waals surface area contributed by atoms with Gasteiger partial charge in [0.2, 0.25) is 0 Å². The number of aromatic nitrogens is 1. The number of carboxylic acid groups (broad SMARTS) is 1. The second-order valence-corrected chi connectivity index (χ2v) is 4.76. The summed E-state index contributed by atoms with van der Waals surface area (Å²) in [7, 11) is 0. The predicted molar refractivity (Wildman–Crippen MR) is 67.1 cm³/mol. The van der Waals surface area contributed by atoms with Crippen molar-refractivity contribution in [1.82, 2.24) is 9.88 Å². The molecule has 2 heterocycles. The number of nitrogens with zero attached hydrogens (tertiary/aromatic N) is 2. The summed E-state index contributed by atoms with van der Waals surface area (Å²) in [5.41, 5.74) is -1.11. The van der Waals surface area contributed by atoms with Crippen LogP contribution < -0.4 is 0 Å². The molecule has 0 spiro atoms. The Labute approximate surface area is 123 Å². The quantitative estimate of drug-likeness (QED) is 0.911. The second kappa shape index (κ2) is 6.30. The minimum atomic E-state index is -4.53. The number of carbonyl (C=O) groups is 2. The standard InChI is InChI=1S/C13H13F3N2O4/c14-13(15,16)8-1-2-10(17-6-8)12(21)18-3-4-22-7-9(18)5-11(19)20/h1-2,6,9H,3-5,7H2,(H,19,20). The number of carbonyl (C=O) groups excluding carboxylic acids is 1. The van der Waals surface area contributed by atoms with E-state index in [2.05, 4.69) is 4.98 Å². The van der Waals surface area contributed by atoms with E-state index in [1.54, 1.807) is 0 Å². The molecule has 6 nitrogen and oxygen atoms in total. The van der Waals surface area contributed by atoms with Gasteiger partial charge in [0.05, 0.1) is 31.2 Å². The fraction of sp³-hybridized carbons (Fsp3) is 0.462. The molecule has 0 aromatic carbocycles. The molecule has 120 valence electrons. The zero-order valence-electron chi connectivity index (χ0n) is 11.3. The lowest BCUT2D eigenvalue weighted by Crippen LogP contribution is -2.49. The molecule has 0 radical (unpaired) electrons. The average Bonchev–Trinajstić information content (AvgIpc) is 2.46. The molecular weight excluding hydrogens is 305 g/mol. The van der Waals surface area contributed by atoms with Crippen LogP contribution in [0.4, 0.5) is 13.2 Å². The molecular formula is C13H13F3N2O4. The number of pyridine rings is 1. The van der Waals surface area contributed by atoms with Gasteiger partial charge in [0.25, 0.3) is 5.91 Å². The molecule has 1 aromatic heterocycles. The first-order valence-electron chi connectivity index (χ1n) is 6.43. The van der Waals surface area contributed by atoms with Gasteiger partial charge in [0.15, 0.2) is 0 Å². The molecule has 1 saturated heterocycles. The third-order valence-corrected chi connectivity index (χ3v) is 3.21. The first-order valence-corrected chi connectivity index (χ1v) is 6.43. The van der Waals surface area contributed by atoms with Gasteiger partial charge in [0, 0.05) is 12.7 Å². The minimum absolute atomic E-state index is 0.0681. The molecule has 1 N–H and O–H groups in total. The Bertz CT molecular complexity index is 559. The molecule has 0 aliphatic carbocycles. The van der Waals surface area contributed by atoms with Crippen molar-refractivity contribution in [3.8, 4) is 0 Å². The van der Waals surface area contributed by atoms with Crippen molar-refractivity contribution in [3.63, 3.8) is 0 Å². The fourth-order valence-corrected chi connectivity index (χ4v) is 2.13. The van der Waals surface area contributed by atoms with Gasteiger partial charge < -0.3 is 14.7 Å². The number of rotatable bonds is 3. The summed E-state index contributed by atoms with van der Waals surface area (Å²) >= 11 is 0.